The minimum absolute atomic E-state index is 0.0705. The Balaban J connectivity index is 1.98. The van der Waals surface area contributed by atoms with Crippen LogP contribution in [-0.2, 0) is 15.7 Å². The van der Waals surface area contributed by atoms with Crippen LogP contribution in [0.4, 0.5) is 18.9 Å². The van der Waals surface area contributed by atoms with Gasteiger partial charge in [0.05, 0.1) is 22.8 Å². The summed E-state index contributed by atoms with van der Waals surface area (Å²) >= 11 is 1.04. The van der Waals surface area contributed by atoms with Gasteiger partial charge in [-0.3, -0.25) is 0 Å². The van der Waals surface area contributed by atoms with Crippen molar-refractivity contribution in [2.24, 2.45) is 4.99 Å². The van der Waals surface area contributed by atoms with Gasteiger partial charge in [-0.25, -0.2) is 9.79 Å². The molecule has 4 nitrogen and oxygen atoms in total. The van der Waals surface area contributed by atoms with Crippen LogP contribution in [0.15, 0.2) is 75.8 Å². The van der Waals surface area contributed by atoms with E-state index >= 15 is 0 Å². The van der Waals surface area contributed by atoms with E-state index < -0.39 is 17.7 Å². The van der Waals surface area contributed by atoms with Crippen molar-refractivity contribution in [3.8, 4) is 0 Å². The summed E-state index contributed by atoms with van der Waals surface area (Å²) in [6.45, 7) is 1.77. The Morgan fingerprint density at radius 3 is 2.38 bits per heavy atom. The Morgan fingerprint density at radius 1 is 1.14 bits per heavy atom. The molecule has 0 fully saturated rings. The van der Waals surface area contributed by atoms with E-state index in [0.29, 0.717) is 16.2 Å². The number of esters is 1. The molecular formula is C21H16F3NO3S. The topological polar surface area (TPSA) is 58.9 Å². The van der Waals surface area contributed by atoms with Crippen molar-refractivity contribution in [1.29, 1.82) is 0 Å². The van der Waals surface area contributed by atoms with Gasteiger partial charge in [-0.05, 0) is 42.8 Å². The molecule has 3 rings (SSSR count). The third-order valence-corrected chi connectivity index (χ3v) is 4.91. The second kappa shape index (κ2) is 8.57. The summed E-state index contributed by atoms with van der Waals surface area (Å²) < 4.78 is 43.2. The van der Waals surface area contributed by atoms with E-state index in [0.717, 1.165) is 23.9 Å². The van der Waals surface area contributed by atoms with Crippen LogP contribution in [0.3, 0.4) is 0 Å². The summed E-state index contributed by atoms with van der Waals surface area (Å²) in [7, 11) is 0. The molecule has 0 atom stereocenters. The lowest BCUT2D eigenvalue weighted by Crippen LogP contribution is -2.12. The molecule has 0 aromatic heterocycles. The molecule has 1 aliphatic rings. The third-order valence-electron chi connectivity index (χ3n) is 3.89. The number of hydrogen-bond donors (Lipinski definition) is 1. The molecule has 0 spiro atoms. The molecule has 0 saturated heterocycles. The molecule has 1 heterocycles. The fourth-order valence-corrected chi connectivity index (χ4v) is 3.57. The minimum Gasteiger partial charge on any atom is -0.506 e. The summed E-state index contributed by atoms with van der Waals surface area (Å²) in [5.74, 6) is -1.04. The van der Waals surface area contributed by atoms with Gasteiger partial charge in [0.1, 0.15) is 16.4 Å². The second-order valence-corrected chi connectivity index (χ2v) is 6.96. The van der Waals surface area contributed by atoms with Gasteiger partial charge in [-0.1, -0.05) is 42.1 Å². The second-order valence-electron chi connectivity index (χ2n) is 5.93. The lowest BCUT2D eigenvalue weighted by molar-refractivity contribution is -0.138. The normalized spacial score (nSPS) is 17.2. The quantitative estimate of drug-likeness (QED) is 0.627. The Morgan fingerprint density at radius 2 is 1.79 bits per heavy atom. The first kappa shape index (κ1) is 20.7. The monoisotopic (exact) mass is 419 g/mol. The molecule has 0 unspecified atom stereocenters. The van der Waals surface area contributed by atoms with Crippen molar-refractivity contribution in [3.63, 3.8) is 0 Å². The fraction of sp³-hybridized carbons (Fsp3) is 0.143. The van der Waals surface area contributed by atoms with Crippen molar-refractivity contribution in [2.45, 2.75) is 13.1 Å². The van der Waals surface area contributed by atoms with Crippen LogP contribution >= 0.6 is 11.8 Å². The predicted octanol–water partition coefficient (Wildman–Crippen LogP) is 5.90. The molecule has 0 aliphatic carbocycles. The van der Waals surface area contributed by atoms with E-state index in [1.807, 2.05) is 6.07 Å². The van der Waals surface area contributed by atoms with E-state index in [-0.39, 0.29) is 23.0 Å². The number of ether oxygens (including phenoxy) is 1. The van der Waals surface area contributed by atoms with Crippen molar-refractivity contribution >= 4 is 34.5 Å². The number of carbonyl (C=O) groups excluding carboxylic acids is 1. The Kier molecular flexibility index (Phi) is 6.12. The Bertz CT molecular complexity index is 994. The number of para-hydroxylation sites is 1. The zero-order valence-corrected chi connectivity index (χ0v) is 16.1. The van der Waals surface area contributed by atoms with Crippen molar-refractivity contribution in [3.05, 3.63) is 82.0 Å². The summed E-state index contributed by atoms with van der Waals surface area (Å²) in [6, 6.07) is 13.4. The molecule has 0 saturated carbocycles. The van der Waals surface area contributed by atoms with Gasteiger partial charge in [0.15, 0.2) is 0 Å². The number of carbonyl (C=O) groups is 1. The highest BCUT2D eigenvalue weighted by molar-refractivity contribution is 8.18. The number of nitrogens with zero attached hydrogens (tertiary/aromatic N) is 1. The smallest absolute Gasteiger partial charge is 0.416 e. The van der Waals surface area contributed by atoms with E-state index in [4.69, 9.17) is 4.74 Å². The summed E-state index contributed by atoms with van der Waals surface area (Å²) in [6.07, 6.45) is -2.94. The molecule has 150 valence electrons. The lowest BCUT2D eigenvalue weighted by atomic mass is 10.1. The van der Waals surface area contributed by atoms with Crippen LogP contribution in [0.1, 0.15) is 18.1 Å². The van der Waals surface area contributed by atoms with Gasteiger partial charge in [-0.15, -0.1) is 0 Å². The van der Waals surface area contributed by atoms with Gasteiger partial charge >= 0.3 is 12.1 Å². The average molecular weight is 419 g/mol. The van der Waals surface area contributed by atoms with Crippen molar-refractivity contribution in [1.82, 2.24) is 0 Å². The maximum atomic E-state index is 12.7. The largest absolute Gasteiger partial charge is 0.506 e. The maximum absolute atomic E-state index is 12.7. The van der Waals surface area contributed by atoms with Crippen molar-refractivity contribution in [2.75, 3.05) is 6.61 Å². The number of thioether (sulfide) groups is 1. The standard InChI is InChI=1S/C21H16F3NO3S/c1-2-28-20(27)17-18(26)16(29-19(17)25-15-6-4-3-5-7-15)12-13-8-10-14(11-9-13)21(22,23)24/h3-12,26H,2H2,1H3/b16-12-,25-19?. The first-order chi connectivity index (χ1) is 13.8. The van der Waals surface area contributed by atoms with E-state index in [9.17, 15) is 23.1 Å². The number of halogens is 3. The van der Waals surface area contributed by atoms with Crippen LogP contribution < -0.4 is 0 Å². The summed E-state index contributed by atoms with van der Waals surface area (Å²) in [5, 5.41) is 10.8. The van der Waals surface area contributed by atoms with Crippen LogP contribution in [0.5, 0.6) is 0 Å². The highest BCUT2D eigenvalue weighted by Crippen LogP contribution is 2.40. The van der Waals surface area contributed by atoms with Gasteiger partial charge in [-0.2, -0.15) is 13.2 Å². The number of rotatable bonds is 4. The highest BCUT2D eigenvalue weighted by Gasteiger charge is 2.33. The summed E-state index contributed by atoms with van der Waals surface area (Å²) in [4.78, 5) is 17.0. The summed E-state index contributed by atoms with van der Waals surface area (Å²) in [5.41, 5.74) is 0.187. The molecule has 0 bridgehead atoms. The lowest BCUT2D eigenvalue weighted by Gasteiger charge is -2.06. The SMILES string of the molecule is CCOC(=O)C1=C(O)/C(=C/c2ccc(C(F)(F)F)cc2)SC1=Nc1ccccc1. The molecule has 1 aliphatic heterocycles. The molecule has 29 heavy (non-hydrogen) atoms. The molecule has 2 aromatic rings. The average Bonchev–Trinajstić information content (AvgIpc) is 2.97. The van der Waals surface area contributed by atoms with Gasteiger partial charge in [0, 0.05) is 0 Å². The first-order valence-corrected chi connectivity index (χ1v) is 9.43. The Labute approximate surface area is 169 Å². The van der Waals surface area contributed by atoms with Gasteiger partial charge in [0.25, 0.3) is 0 Å². The predicted molar refractivity (Wildman–Crippen MR) is 107 cm³/mol. The third kappa shape index (κ3) is 4.89. The van der Waals surface area contributed by atoms with E-state index in [2.05, 4.69) is 4.99 Å². The molecule has 0 radical (unpaired) electrons. The van der Waals surface area contributed by atoms with Crippen LogP contribution in [0.25, 0.3) is 6.08 Å². The molecule has 1 N–H and O–H groups in total. The zero-order chi connectivity index (χ0) is 21.0. The van der Waals surface area contributed by atoms with Gasteiger partial charge < -0.3 is 9.84 Å². The van der Waals surface area contributed by atoms with Crippen LogP contribution in [0, 0.1) is 0 Å². The number of aliphatic imine (C=N–C) groups is 1. The zero-order valence-electron chi connectivity index (χ0n) is 15.2. The number of benzene rings is 2. The van der Waals surface area contributed by atoms with Gasteiger partial charge in [0.2, 0.25) is 0 Å². The number of aliphatic hydroxyl groups is 1. The number of hydrogen-bond acceptors (Lipinski definition) is 5. The van der Waals surface area contributed by atoms with E-state index in [1.54, 1.807) is 31.2 Å². The minimum atomic E-state index is -4.43. The first-order valence-electron chi connectivity index (χ1n) is 8.61. The van der Waals surface area contributed by atoms with Crippen LogP contribution in [0.2, 0.25) is 0 Å². The van der Waals surface area contributed by atoms with Crippen molar-refractivity contribution < 1.29 is 27.8 Å². The maximum Gasteiger partial charge on any atom is 0.416 e. The molecular weight excluding hydrogens is 403 g/mol. The highest BCUT2D eigenvalue weighted by atomic mass is 32.2. The molecule has 0 amide bonds. The fourth-order valence-electron chi connectivity index (χ4n) is 2.53. The number of alkyl halides is 3. The van der Waals surface area contributed by atoms with Crippen LogP contribution in [-0.4, -0.2) is 22.7 Å². The Hall–Kier alpha value is -3.00. The molecule has 2 aromatic carbocycles. The van der Waals surface area contributed by atoms with E-state index in [1.165, 1.54) is 18.2 Å². The number of aliphatic hydroxyl groups excluding tert-OH is 1. The molecule has 8 heteroatoms.